The molecule has 24 heavy (non-hydrogen) atoms. The van der Waals surface area contributed by atoms with Crippen LogP contribution in [0.4, 0.5) is 24.9 Å². The Morgan fingerprint density at radius 1 is 1.21 bits per heavy atom. The largest absolute Gasteiger partial charge is 0.433 e. The third kappa shape index (κ3) is 3.41. The Balaban J connectivity index is 1.91. The summed E-state index contributed by atoms with van der Waals surface area (Å²) in [6, 6.07) is 0.576. The van der Waals surface area contributed by atoms with E-state index in [1.54, 1.807) is 23.4 Å². The van der Waals surface area contributed by atoms with Gasteiger partial charge in [-0.15, -0.1) is 10.2 Å². The number of hydrogen-bond donors (Lipinski definition) is 1. The van der Waals surface area contributed by atoms with Crippen molar-refractivity contribution in [3.05, 3.63) is 23.9 Å². The summed E-state index contributed by atoms with van der Waals surface area (Å²) in [6.07, 6.45) is -1.14. The lowest BCUT2D eigenvalue weighted by atomic mass is 10.3. The first kappa shape index (κ1) is 16.5. The van der Waals surface area contributed by atoms with Crippen molar-refractivity contribution in [1.29, 1.82) is 0 Å². The van der Waals surface area contributed by atoms with E-state index in [1.807, 2.05) is 0 Å². The minimum absolute atomic E-state index is 0.106. The molecule has 0 aliphatic carbocycles. The summed E-state index contributed by atoms with van der Waals surface area (Å²) in [6.45, 7) is 3.12. The topological polar surface area (TPSA) is 71.8 Å². The summed E-state index contributed by atoms with van der Waals surface area (Å²) in [7, 11) is 1.77. The molecule has 7 nitrogen and oxygen atoms in total. The molecule has 0 radical (unpaired) electrons. The van der Waals surface area contributed by atoms with Crippen LogP contribution in [-0.2, 0) is 13.2 Å². The number of hydrogen-bond acceptors (Lipinski definition) is 6. The molecule has 130 valence electrons. The summed E-state index contributed by atoms with van der Waals surface area (Å²) in [5, 5.41) is 10.7. The lowest BCUT2D eigenvalue weighted by Gasteiger charge is -2.20. The van der Waals surface area contributed by atoms with Gasteiger partial charge in [0.15, 0.2) is 11.5 Å². The first-order valence-corrected chi connectivity index (χ1v) is 7.66. The fourth-order valence-electron chi connectivity index (χ4n) is 2.68. The summed E-state index contributed by atoms with van der Waals surface area (Å²) in [5.74, 6) is 0.828. The number of nitrogens with one attached hydrogen (secondary N) is 1. The third-order valence-electron chi connectivity index (χ3n) is 3.89. The van der Waals surface area contributed by atoms with Crippen LogP contribution in [0.3, 0.4) is 0 Å². The van der Waals surface area contributed by atoms with Crippen LogP contribution in [0.1, 0.15) is 37.3 Å². The monoisotopic (exact) mass is 341 g/mol. The number of aromatic nitrogens is 5. The molecule has 2 aromatic rings. The first-order chi connectivity index (χ1) is 11.3. The van der Waals surface area contributed by atoms with Crippen LogP contribution in [0.5, 0.6) is 0 Å². The highest BCUT2D eigenvalue weighted by Gasteiger charge is 2.34. The Kier molecular flexibility index (Phi) is 4.29. The second-order valence-corrected chi connectivity index (χ2v) is 5.80. The number of anilines is 2. The maximum absolute atomic E-state index is 13.1. The van der Waals surface area contributed by atoms with E-state index in [4.69, 9.17) is 0 Å². The molecule has 0 aromatic carbocycles. The van der Waals surface area contributed by atoms with E-state index in [9.17, 15) is 13.2 Å². The summed E-state index contributed by atoms with van der Waals surface area (Å²) < 4.78 is 41.1. The van der Waals surface area contributed by atoms with Crippen molar-refractivity contribution in [3.8, 4) is 0 Å². The molecule has 10 heteroatoms. The van der Waals surface area contributed by atoms with Crippen LogP contribution >= 0.6 is 0 Å². The van der Waals surface area contributed by atoms with E-state index in [0.717, 1.165) is 18.9 Å². The number of alkyl halides is 3. The quantitative estimate of drug-likeness (QED) is 0.921. The van der Waals surface area contributed by atoms with Gasteiger partial charge in [0.2, 0.25) is 5.95 Å². The van der Waals surface area contributed by atoms with Gasteiger partial charge in [0.05, 0.1) is 6.04 Å². The Bertz CT molecular complexity index is 707. The molecule has 1 aliphatic heterocycles. The minimum atomic E-state index is -4.53. The molecular weight excluding hydrogens is 323 g/mol. The SMILES string of the molecule is CC(Nc1cc(C(F)(F)F)nc(N2CCCC2)n1)c1nncn1C. The highest BCUT2D eigenvalue weighted by molar-refractivity contribution is 5.46. The highest BCUT2D eigenvalue weighted by atomic mass is 19.4. The van der Waals surface area contributed by atoms with Crippen molar-refractivity contribution in [2.24, 2.45) is 7.05 Å². The van der Waals surface area contributed by atoms with Gasteiger partial charge >= 0.3 is 6.18 Å². The Morgan fingerprint density at radius 3 is 2.50 bits per heavy atom. The molecule has 0 saturated carbocycles. The van der Waals surface area contributed by atoms with Crippen LogP contribution in [-0.4, -0.2) is 37.8 Å². The molecule has 1 fully saturated rings. The molecule has 2 aromatic heterocycles. The van der Waals surface area contributed by atoms with Crippen LogP contribution in [0.15, 0.2) is 12.4 Å². The van der Waals surface area contributed by atoms with Gasteiger partial charge in [-0.2, -0.15) is 18.2 Å². The predicted octanol–water partition coefficient (Wildman–Crippen LogP) is 2.40. The summed E-state index contributed by atoms with van der Waals surface area (Å²) in [4.78, 5) is 9.72. The molecule has 3 heterocycles. The van der Waals surface area contributed by atoms with Gasteiger partial charge in [0, 0.05) is 26.2 Å². The molecular formula is C14H18F3N7. The summed E-state index contributed by atoms with van der Waals surface area (Å²) >= 11 is 0. The zero-order valence-electron chi connectivity index (χ0n) is 13.4. The van der Waals surface area contributed by atoms with E-state index in [0.29, 0.717) is 18.9 Å². The molecule has 1 aliphatic rings. The van der Waals surface area contributed by atoms with Crippen molar-refractivity contribution < 1.29 is 13.2 Å². The Morgan fingerprint density at radius 2 is 1.92 bits per heavy atom. The molecule has 1 saturated heterocycles. The van der Waals surface area contributed by atoms with Crippen molar-refractivity contribution in [2.75, 3.05) is 23.3 Å². The number of rotatable bonds is 4. The fourth-order valence-corrected chi connectivity index (χ4v) is 2.68. The lowest BCUT2D eigenvalue weighted by Crippen LogP contribution is -2.23. The average molecular weight is 341 g/mol. The van der Waals surface area contributed by atoms with Crippen LogP contribution in [0.25, 0.3) is 0 Å². The summed E-state index contributed by atoms with van der Waals surface area (Å²) in [5.41, 5.74) is -0.952. The molecule has 0 amide bonds. The van der Waals surface area contributed by atoms with Gasteiger partial charge in [-0.05, 0) is 19.8 Å². The highest BCUT2D eigenvalue weighted by Crippen LogP contribution is 2.31. The van der Waals surface area contributed by atoms with E-state index in [-0.39, 0.29) is 17.8 Å². The molecule has 0 spiro atoms. The van der Waals surface area contributed by atoms with E-state index in [2.05, 4.69) is 25.5 Å². The van der Waals surface area contributed by atoms with Gasteiger partial charge in [0.25, 0.3) is 0 Å². The van der Waals surface area contributed by atoms with Gasteiger partial charge in [0.1, 0.15) is 12.1 Å². The van der Waals surface area contributed by atoms with Gasteiger partial charge in [-0.1, -0.05) is 0 Å². The first-order valence-electron chi connectivity index (χ1n) is 7.66. The zero-order valence-corrected chi connectivity index (χ0v) is 13.4. The van der Waals surface area contributed by atoms with Gasteiger partial charge in [-0.25, -0.2) is 4.98 Å². The maximum atomic E-state index is 13.1. The van der Waals surface area contributed by atoms with E-state index >= 15 is 0 Å². The van der Waals surface area contributed by atoms with E-state index < -0.39 is 11.9 Å². The average Bonchev–Trinajstić information content (AvgIpc) is 3.17. The molecule has 3 rings (SSSR count). The Labute approximate surface area is 136 Å². The standard InChI is InChI=1S/C14H18F3N7/c1-9(12-22-18-8-23(12)2)19-11-7-10(14(15,16)17)20-13(21-11)24-5-3-4-6-24/h7-9H,3-6H2,1-2H3,(H,19,20,21). The lowest BCUT2D eigenvalue weighted by molar-refractivity contribution is -0.141. The van der Waals surface area contributed by atoms with Crippen molar-refractivity contribution >= 4 is 11.8 Å². The van der Waals surface area contributed by atoms with Crippen LogP contribution in [0, 0.1) is 0 Å². The molecule has 1 N–H and O–H groups in total. The molecule has 1 atom stereocenters. The van der Waals surface area contributed by atoms with Gasteiger partial charge < -0.3 is 14.8 Å². The Hall–Kier alpha value is -2.39. The zero-order chi connectivity index (χ0) is 17.3. The smallest absolute Gasteiger partial charge is 0.360 e. The van der Waals surface area contributed by atoms with Crippen LogP contribution in [0.2, 0.25) is 0 Å². The molecule has 0 bridgehead atoms. The number of halogens is 3. The molecule has 1 unspecified atom stereocenters. The third-order valence-corrected chi connectivity index (χ3v) is 3.89. The van der Waals surface area contributed by atoms with Crippen molar-refractivity contribution in [2.45, 2.75) is 32.0 Å². The maximum Gasteiger partial charge on any atom is 0.433 e. The second kappa shape index (κ2) is 6.25. The van der Waals surface area contributed by atoms with E-state index in [1.165, 1.54) is 6.33 Å². The van der Waals surface area contributed by atoms with Crippen molar-refractivity contribution in [1.82, 2.24) is 24.7 Å². The number of aryl methyl sites for hydroxylation is 1. The van der Waals surface area contributed by atoms with Crippen molar-refractivity contribution in [3.63, 3.8) is 0 Å². The normalized spacial score (nSPS) is 16.5. The van der Waals surface area contributed by atoms with Gasteiger partial charge in [-0.3, -0.25) is 0 Å². The predicted molar refractivity (Wildman–Crippen MR) is 81.5 cm³/mol. The minimum Gasteiger partial charge on any atom is -0.360 e. The fraction of sp³-hybridized carbons (Fsp3) is 0.571. The van der Waals surface area contributed by atoms with Crippen LogP contribution < -0.4 is 10.2 Å². The number of nitrogens with zero attached hydrogens (tertiary/aromatic N) is 6. The second-order valence-electron chi connectivity index (χ2n) is 5.80.